The van der Waals surface area contributed by atoms with Crippen molar-refractivity contribution in [1.82, 2.24) is 4.98 Å². The zero-order valence-electron chi connectivity index (χ0n) is 8.05. The van der Waals surface area contributed by atoms with Crippen LogP contribution in [0.5, 0.6) is 0 Å². The van der Waals surface area contributed by atoms with Gasteiger partial charge in [0, 0.05) is 6.07 Å². The highest BCUT2D eigenvalue weighted by Gasteiger charge is 2.20. The number of ether oxygens (including phenoxy) is 1. The predicted octanol–water partition coefficient (Wildman–Crippen LogP) is 2.25. The summed E-state index contributed by atoms with van der Waals surface area (Å²) in [6.07, 6.45) is -2.87. The number of hydrogen-bond acceptors (Lipinski definition) is 3. The van der Waals surface area contributed by atoms with Crippen LogP contribution in [-0.2, 0) is 4.74 Å². The highest BCUT2D eigenvalue weighted by Crippen LogP contribution is 2.21. The van der Waals surface area contributed by atoms with Crippen molar-refractivity contribution in [2.45, 2.75) is 13.3 Å². The van der Waals surface area contributed by atoms with E-state index in [0.29, 0.717) is 6.07 Å². The number of esters is 1. The average molecular weight is 219 g/mol. The number of alkyl halides is 2. The van der Waals surface area contributed by atoms with Gasteiger partial charge in [-0.15, -0.1) is 0 Å². The van der Waals surface area contributed by atoms with Crippen LogP contribution >= 0.6 is 0 Å². The van der Waals surface area contributed by atoms with Crippen LogP contribution < -0.4 is 0 Å². The Kier molecular flexibility index (Phi) is 3.28. The van der Waals surface area contributed by atoms with E-state index in [1.54, 1.807) is 0 Å². The normalized spacial score (nSPS) is 10.5. The summed E-state index contributed by atoms with van der Waals surface area (Å²) in [5, 5.41) is 0. The number of hydrogen-bond donors (Lipinski definition) is 0. The number of carbonyl (C=O) groups is 1. The van der Waals surface area contributed by atoms with Crippen molar-refractivity contribution in [2.24, 2.45) is 0 Å². The molecule has 0 saturated heterocycles. The minimum atomic E-state index is -2.87. The van der Waals surface area contributed by atoms with Gasteiger partial charge in [-0.2, -0.15) is 0 Å². The van der Waals surface area contributed by atoms with Crippen molar-refractivity contribution < 1.29 is 22.7 Å². The van der Waals surface area contributed by atoms with Gasteiger partial charge in [0.1, 0.15) is 17.1 Å². The lowest BCUT2D eigenvalue weighted by molar-refractivity contribution is 0.0593. The van der Waals surface area contributed by atoms with E-state index in [0.717, 1.165) is 7.11 Å². The lowest BCUT2D eigenvalue weighted by atomic mass is 10.1. The second kappa shape index (κ2) is 4.29. The summed E-state index contributed by atoms with van der Waals surface area (Å²) in [5.41, 5.74) is -1.23. The van der Waals surface area contributed by atoms with Crippen molar-refractivity contribution in [3.05, 3.63) is 28.8 Å². The molecular formula is C9H8F3NO2. The molecule has 0 aliphatic rings. The molecule has 0 unspecified atom stereocenters. The van der Waals surface area contributed by atoms with Gasteiger partial charge in [0.2, 0.25) is 0 Å². The lowest BCUT2D eigenvalue weighted by Gasteiger charge is -2.06. The van der Waals surface area contributed by atoms with Gasteiger partial charge in [0.25, 0.3) is 6.43 Å². The molecule has 1 aromatic heterocycles. The van der Waals surface area contributed by atoms with Crippen molar-refractivity contribution in [2.75, 3.05) is 7.11 Å². The van der Waals surface area contributed by atoms with Crippen LogP contribution in [0.25, 0.3) is 0 Å². The largest absolute Gasteiger partial charge is 0.465 e. The number of aromatic nitrogens is 1. The van der Waals surface area contributed by atoms with Crippen LogP contribution in [0.1, 0.15) is 28.2 Å². The highest BCUT2D eigenvalue weighted by atomic mass is 19.3. The maximum Gasteiger partial charge on any atom is 0.342 e. The number of rotatable bonds is 2. The molecule has 15 heavy (non-hydrogen) atoms. The molecule has 0 spiro atoms. The summed E-state index contributed by atoms with van der Waals surface area (Å²) >= 11 is 0. The third kappa shape index (κ3) is 2.26. The zero-order valence-corrected chi connectivity index (χ0v) is 8.05. The zero-order chi connectivity index (χ0) is 11.6. The fraction of sp³-hybridized carbons (Fsp3) is 0.333. The summed E-state index contributed by atoms with van der Waals surface area (Å²) < 4.78 is 41.9. The minimum absolute atomic E-state index is 0.114. The topological polar surface area (TPSA) is 39.2 Å². The molecule has 6 heteroatoms. The average Bonchev–Trinajstić information content (AvgIpc) is 2.16. The molecule has 0 N–H and O–H groups in total. The molecule has 0 saturated carbocycles. The second-order valence-electron chi connectivity index (χ2n) is 2.78. The van der Waals surface area contributed by atoms with Crippen molar-refractivity contribution in [3.63, 3.8) is 0 Å². The molecule has 1 aromatic rings. The van der Waals surface area contributed by atoms with Crippen LogP contribution in [0.4, 0.5) is 13.2 Å². The number of aryl methyl sites for hydroxylation is 1. The number of methoxy groups -OCH3 is 1. The molecule has 0 bridgehead atoms. The Morgan fingerprint density at radius 3 is 2.53 bits per heavy atom. The van der Waals surface area contributed by atoms with E-state index >= 15 is 0 Å². The number of pyridine rings is 1. The van der Waals surface area contributed by atoms with E-state index in [2.05, 4.69) is 9.72 Å². The molecule has 0 aliphatic heterocycles. The first-order chi connectivity index (χ1) is 6.97. The molecular weight excluding hydrogens is 211 g/mol. The van der Waals surface area contributed by atoms with Gasteiger partial charge in [-0.3, -0.25) is 4.98 Å². The molecule has 3 nitrogen and oxygen atoms in total. The Balaban J connectivity index is 3.27. The Labute approximate surface area is 83.9 Å². The van der Waals surface area contributed by atoms with Crippen molar-refractivity contribution in [1.29, 1.82) is 0 Å². The number of halogens is 3. The minimum Gasteiger partial charge on any atom is -0.465 e. The van der Waals surface area contributed by atoms with E-state index in [1.165, 1.54) is 6.92 Å². The third-order valence-electron chi connectivity index (χ3n) is 1.79. The molecule has 0 aromatic carbocycles. The van der Waals surface area contributed by atoms with E-state index in [4.69, 9.17) is 0 Å². The fourth-order valence-electron chi connectivity index (χ4n) is 1.12. The van der Waals surface area contributed by atoms with Crippen LogP contribution in [0.2, 0.25) is 0 Å². The van der Waals surface area contributed by atoms with Crippen LogP contribution in [-0.4, -0.2) is 18.1 Å². The first-order valence-electron chi connectivity index (χ1n) is 4.01. The lowest BCUT2D eigenvalue weighted by Crippen LogP contribution is -2.10. The molecule has 0 fully saturated rings. The molecule has 1 heterocycles. The van der Waals surface area contributed by atoms with E-state index in [-0.39, 0.29) is 5.69 Å². The maximum atomic E-state index is 13.2. The fourth-order valence-corrected chi connectivity index (χ4v) is 1.12. The van der Waals surface area contributed by atoms with Gasteiger partial charge in [0.05, 0.1) is 12.8 Å². The predicted molar refractivity (Wildman–Crippen MR) is 45.2 cm³/mol. The summed E-state index contributed by atoms with van der Waals surface area (Å²) in [5.74, 6) is -1.98. The third-order valence-corrected chi connectivity index (χ3v) is 1.79. The Hall–Kier alpha value is -1.59. The first kappa shape index (κ1) is 11.5. The van der Waals surface area contributed by atoms with Gasteiger partial charge in [-0.05, 0) is 6.92 Å². The second-order valence-corrected chi connectivity index (χ2v) is 2.78. The smallest absolute Gasteiger partial charge is 0.342 e. The maximum absolute atomic E-state index is 13.2. The summed E-state index contributed by atoms with van der Waals surface area (Å²) in [6.45, 7) is 1.27. The van der Waals surface area contributed by atoms with Crippen molar-refractivity contribution >= 4 is 5.97 Å². The number of nitrogens with zero attached hydrogens (tertiary/aromatic N) is 1. The van der Waals surface area contributed by atoms with E-state index < -0.39 is 29.5 Å². The van der Waals surface area contributed by atoms with Gasteiger partial charge in [-0.25, -0.2) is 18.0 Å². The number of carbonyl (C=O) groups excluding carboxylic acids is 1. The monoisotopic (exact) mass is 219 g/mol. The van der Waals surface area contributed by atoms with Crippen LogP contribution in [0.3, 0.4) is 0 Å². The highest BCUT2D eigenvalue weighted by molar-refractivity contribution is 5.90. The van der Waals surface area contributed by atoms with E-state index in [1.807, 2.05) is 0 Å². The summed E-state index contributed by atoms with van der Waals surface area (Å²) in [4.78, 5) is 14.5. The van der Waals surface area contributed by atoms with Crippen LogP contribution in [0.15, 0.2) is 6.07 Å². The Morgan fingerprint density at radius 2 is 2.13 bits per heavy atom. The first-order valence-corrected chi connectivity index (χ1v) is 4.01. The molecule has 0 atom stereocenters. The van der Waals surface area contributed by atoms with E-state index in [9.17, 15) is 18.0 Å². The van der Waals surface area contributed by atoms with Gasteiger partial charge >= 0.3 is 5.97 Å². The molecule has 0 amide bonds. The quantitative estimate of drug-likeness (QED) is 0.716. The van der Waals surface area contributed by atoms with Crippen LogP contribution in [0, 0.1) is 12.7 Å². The summed E-state index contributed by atoms with van der Waals surface area (Å²) in [7, 11) is 1.07. The van der Waals surface area contributed by atoms with Crippen molar-refractivity contribution in [3.8, 4) is 0 Å². The van der Waals surface area contributed by atoms with Gasteiger partial charge in [-0.1, -0.05) is 0 Å². The van der Waals surface area contributed by atoms with Gasteiger partial charge in [0.15, 0.2) is 0 Å². The standard InChI is InChI=1S/C9H8F3NO2/c1-4-7(9(14)15-2)5(10)3-6(13-4)8(11)12/h3,8H,1-2H3. The molecule has 0 radical (unpaired) electrons. The molecule has 82 valence electrons. The SMILES string of the molecule is COC(=O)c1c(F)cc(C(F)F)nc1C. The van der Waals surface area contributed by atoms with Gasteiger partial charge < -0.3 is 4.74 Å². The molecule has 0 aliphatic carbocycles. The summed E-state index contributed by atoms with van der Waals surface area (Å²) in [6, 6.07) is 0.532. The molecule has 1 rings (SSSR count). The Bertz CT molecular complexity index is 370. The Morgan fingerprint density at radius 1 is 1.53 bits per heavy atom.